The highest BCUT2D eigenvalue weighted by atomic mass is 16.5. The van der Waals surface area contributed by atoms with E-state index in [9.17, 15) is 0 Å². The topological polar surface area (TPSA) is 103 Å². The highest BCUT2D eigenvalue weighted by Gasteiger charge is 2.28. The summed E-state index contributed by atoms with van der Waals surface area (Å²) in [5.41, 5.74) is 4.95. The van der Waals surface area contributed by atoms with Crippen molar-refractivity contribution in [2.45, 2.75) is 45.7 Å². The van der Waals surface area contributed by atoms with Crippen molar-refractivity contribution in [2.24, 2.45) is 0 Å². The van der Waals surface area contributed by atoms with Crippen LogP contribution >= 0.6 is 0 Å². The molecular weight excluding hydrogens is 448 g/mol. The minimum atomic E-state index is -0.447. The molecule has 0 atom stereocenters. The Hall–Kier alpha value is -3.14. The average Bonchev–Trinajstić information content (AvgIpc) is 2.83. The number of methoxy groups -OCH3 is 4. The quantitative estimate of drug-likeness (QED) is 0.390. The predicted molar refractivity (Wildman–Crippen MR) is 130 cm³/mol. The van der Waals surface area contributed by atoms with Crippen LogP contribution in [-0.4, -0.2) is 41.7 Å². The lowest BCUT2D eigenvalue weighted by molar-refractivity contribution is 0.172. The molecule has 2 rings (SSSR count). The van der Waals surface area contributed by atoms with Gasteiger partial charge in [0.15, 0.2) is 13.2 Å². The highest BCUT2D eigenvalue weighted by molar-refractivity contribution is 5.53. The van der Waals surface area contributed by atoms with Crippen LogP contribution in [0.4, 0.5) is 0 Å². The largest absolute Gasteiger partial charge is 0.478 e. The third-order valence-corrected chi connectivity index (χ3v) is 5.69. The monoisotopic (exact) mass is 482 g/mol. The third kappa shape index (κ3) is 6.94. The van der Waals surface area contributed by atoms with Gasteiger partial charge in [-0.25, -0.2) is 0 Å². The minimum Gasteiger partial charge on any atom is -0.478 e. The van der Waals surface area contributed by atoms with Crippen LogP contribution < -0.4 is 9.47 Å². The van der Waals surface area contributed by atoms with Gasteiger partial charge in [0.25, 0.3) is 0 Å². The molecule has 0 fully saturated rings. The Balaban J connectivity index is 2.71. The molecule has 2 aromatic rings. The van der Waals surface area contributed by atoms with Gasteiger partial charge in [0.2, 0.25) is 0 Å². The van der Waals surface area contributed by atoms with Gasteiger partial charge in [-0.1, -0.05) is 13.8 Å². The molecule has 8 nitrogen and oxygen atoms in total. The fourth-order valence-corrected chi connectivity index (χ4v) is 4.03. The van der Waals surface area contributed by atoms with Crippen molar-refractivity contribution in [2.75, 3.05) is 41.7 Å². The SMILES string of the molecule is COCc1cc(C(C)(C)c2cc(COC)c(OCC#N)c(COC)c2)cc(COC)c1OCC#N. The van der Waals surface area contributed by atoms with Crippen LogP contribution in [0.15, 0.2) is 24.3 Å². The van der Waals surface area contributed by atoms with E-state index in [1.54, 1.807) is 28.4 Å². The smallest absolute Gasteiger partial charge is 0.174 e. The van der Waals surface area contributed by atoms with Crippen molar-refractivity contribution in [3.8, 4) is 23.6 Å². The van der Waals surface area contributed by atoms with Crippen molar-refractivity contribution >= 4 is 0 Å². The van der Waals surface area contributed by atoms with Crippen LogP contribution in [-0.2, 0) is 50.8 Å². The van der Waals surface area contributed by atoms with Crippen LogP contribution in [0.1, 0.15) is 47.2 Å². The van der Waals surface area contributed by atoms with Gasteiger partial charge in [0.05, 0.1) is 26.4 Å². The van der Waals surface area contributed by atoms with Crippen molar-refractivity contribution < 1.29 is 28.4 Å². The second-order valence-corrected chi connectivity index (χ2v) is 8.50. The molecule has 0 aromatic heterocycles. The molecule has 0 aliphatic carbocycles. The molecule has 0 amide bonds. The van der Waals surface area contributed by atoms with Gasteiger partial charge in [-0.15, -0.1) is 0 Å². The number of hydrogen-bond acceptors (Lipinski definition) is 8. The number of ether oxygens (including phenoxy) is 6. The fourth-order valence-electron chi connectivity index (χ4n) is 4.03. The molecule has 0 radical (unpaired) electrons. The molecule has 0 saturated carbocycles. The summed E-state index contributed by atoms with van der Waals surface area (Å²) in [7, 11) is 6.48. The van der Waals surface area contributed by atoms with E-state index in [2.05, 4.69) is 13.8 Å². The van der Waals surface area contributed by atoms with E-state index in [1.165, 1.54) is 0 Å². The Morgan fingerprint density at radius 3 is 1.11 bits per heavy atom. The normalized spacial score (nSPS) is 11.1. The van der Waals surface area contributed by atoms with Crippen molar-refractivity contribution in [1.29, 1.82) is 10.5 Å². The van der Waals surface area contributed by atoms with Gasteiger partial charge in [0.1, 0.15) is 23.6 Å². The molecule has 0 unspecified atom stereocenters. The molecule has 2 aromatic carbocycles. The molecular formula is C27H34N2O6. The van der Waals surface area contributed by atoms with Crippen LogP contribution in [0.2, 0.25) is 0 Å². The van der Waals surface area contributed by atoms with E-state index in [4.69, 9.17) is 38.9 Å². The lowest BCUT2D eigenvalue weighted by atomic mass is 9.76. The van der Waals surface area contributed by atoms with Gasteiger partial charge in [-0.3, -0.25) is 0 Å². The van der Waals surface area contributed by atoms with Crippen molar-refractivity contribution in [1.82, 2.24) is 0 Å². The number of hydrogen-bond donors (Lipinski definition) is 0. The van der Waals surface area contributed by atoms with Gasteiger partial charge >= 0.3 is 0 Å². The Bertz CT molecular complexity index is 931. The Labute approximate surface area is 207 Å². The van der Waals surface area contributed by atoms with Crippen molar-refractivity contribution in [3.05, 3.63) is 57.6 Å². The van der Waals surface area contributed by atoms with Gasteiger partial charge in [0, 0.05) is 56.1 Å². The van der Waals surface area contributed by atoms with Crippen LogP contribution in [0.25, 0.3) is 0 Å². The summed E-state index contributed by atoms with van der Waals surface area (Å²) in [5, 5.41) is 18.1. The first-order valence-electron chi connectivity index (χ1n) is 11.2. The number of nitriles is 2. The Morgan fingerprint density at radius 2 is 0.886 bits per heavy atom. The van der Waals surface area contributed by atoms with Gasteiger partial charge < -0.3 is 28.4 Å². The average molecular weight is 483 g/mol. The van der Waals surface area contributed by atoms with Crippen LogP contribution in [0.3, 0.4) is 0 Å². The summed E-state index contributed by atoms with van der Waals surface area (Å²) < 4.78 is 33.2. The molecule has 8 heteroatoms. The predicted octanol–water partition coefficient (Wildman–Crippen LogP) is 4.40. The number of benzene rings is 2. The molecule has 35 heavy (non-hydrogen) atoms. The van der Waals surface area contributed by atoms with E-state index < -0.39 is 5.41 Å². The molecule has 188 valence electrons. The number of nitrogens with zero attached hydrogens (tertiary/aromatic N) is 2. The molecule has 0 bridgehead atoms. The molecule has 0 N–H and O–H groups in total. The van der Waals surface area contributed by atoms with Gasteiger partial charge in [-0.05, 0) is 35.4 Å². The van der Waals surface area contributed by atoms with Crippen LogP contribution in [0, 0.1) is 22.7 Å². The summed E-state index contributed by atoms with van der Waals surface area (Å²) in [6.07, 6.45) is 0. The molecule has 0 heterocycles. The second-order valence-electron chi connectivity index (χ2n) is 8.50. The standard InChI is InChI=1S/C27H34N2O6/c1-27(2,23-11-19(15-30-3)25(34-9-7-28)20(12-23)16-31-4)24-13-21(17-32-5)26(35-10-8-29)22(14-24)18-33-6/h11-14H,9-10,15-18H2,1-6H3. The maximum Gasteiger partial charge on any atom is 0.174 e. The first-order valence-corrected chi connectivity index (χ1v) is 11.2. The first-order chi connectivity index (χ1) is 16.9. The molecule has 0 saturated heterocycles. The zero-order chi connectivity index (χ0) is 25.8. The Morgan fingerprint density at radius 1 is 0.600 bits per heavy atom. The summed E-state index contributed by atoms with van der Waals surface area (Å²) in [6, 6.07) is 12.2. The maximum atomic E-state index is 9.03. The van der Waals surface area contributed by atoms with E-state index in [-0.39, 0.29) is 13.2 Å². The first kappa shape index (κ1) is 28.1. The zero-order valence-electron chi connectivity index (χ0n) is 21.4. The third-order valence-electron chi connectivity index (χ3n) is 5.69. The zero-order valence-corrected chi connectivity index (χ0v) is 21.4. The maximum absolute atomic E-state index is 9.03. The Kier molecular flexibility index (Phi) is 11.0. The molecule has 0 aliphatic rings. The van der Waals surface area contributed by atoms with E-state index in [0.29, 0.717) is 37.9 Å². The van der Waals surface area contributed by atoms with E-state index in [1.807, 2.05) is 36.4 Å². The fraction of sp³-hybridized carbons (Fsp3) is 0.481. The molecule has 0 spiro atoms. The van der Waals surface area contributed by atoms with E-state index >= 15 is 0 Å². The lowest BCUT2D eigenvalue weighted by Gasteiger charge is -2.30. The number of rotatable bonds is 14. The van der Waals surface area contributed by atoms with E-state index in [0.717, 1.165) is 33.4 Å². The summed E-state index contributed by atoms with van der Waals surface area (Å²) >= 11 is 0. The minimum absolute atomic E-state index is 0.0684. The highest BCUT2D eigenvalue weighted by Crippen LogP contribution is 2.40. The summed E-state index contributed by atoms with van der Waals surface area (Å²) in [6.45, 7) is 5.42. The van der Waals surface area contributed by atoms with Gasteiger partial charge in [-0.2, -0.15) is 10.5 Å². The second kappa shape index (κ2) is 13.7. The lowest BCUT2D eigenvalue weighted by Crippen LogP contribution is -2.21. The van der Waals surface area contributed by atoms with Crippen LogP contribution in [0.5, 0.6) is 11.5 Å². The molecule has 0 aliphatic heterocycles. The van der Waals surface area contributed by atoms with Crippen molar-refractivity contribution in [3.63, 3.8) is 0 Å². The summed E-state index contributed by atoms with van der Waals surface area (Å²) in [4.78, 5) is 0. The summed E-state index contributed by atoms with van der Waals surface area (Å²) in [5.74, 6) is 1.21.